The summed E-state index contributed by atoms with van der Waals surface area (Å²) in [4.78, 5) is 53.4. The second-order valence-electron chi connectivity index (χ2n) is 17.4. The maximum absolute atomic E-state index is 14.6. The van der Waals surface area contributed by atoms with E-state index in [1.165, 1.54) is 28.1 Å². The summed E-state index contributed by atoms with van der Waals surface area (Å²) in [6.07, 6.45) is -9.24. The number of hydrogen-bond acceptors (Lipinski definition) is 15. The summed E-state index contributed by atoms with van der Waals surface area (Å²) >= 11 is 0. The smallest absolute Gasteiger partial charge is 0.311 e. The Morgan fingerprint density at radius 2 is 1.44 bits per heavy atom. The van der Waals surface area contributed by atoms with Gasteiger partial charge in [-0.25, -0.2) is 0 Å². The van der Waals surface area contributed by atoms with Gasteiger partial charge in [-0.3, -0.25) is 19.2 Å². The standard InChI is InChI=1S/C42H72O15/c1-19-16-20(2)35(57-41-34(47)31(49-14)17-21(3)51-41)24(6)38(55-32-18-42(13,50-15)39(28(10)52-32)54-30(12)45)26(8)40(48)56-36(22(4)27(9)43)25(7)37(53-29(11)44)23(5)33(19)46/h19-28,31-32,34-39,41,43,47H,16-18H2,1-15H3/t19-,20+,21-,22+,23+,24-,25+,26-,27+,28+,31+,32+,34+,35+,36?,37-,38+,39-,41+,42-/m1/s1. The van der Waals surface area contributed by atoms with Crippen LogP contribution in [0.4, 0.5) is 0 Å². The molecule has 2 N–H and O–H groups in total. The molecule has 0 radical (unpaired) electrons. The molecule has 3 fully saturated rings. The Morgan fingerprint density at radius 3 is 1.98 bits per heavy atom. The first kappa shape index (κ1) is 49.1. The van der Waals surface area contributed by atoms with Crippen molar-refractivity contribution in [3.63, 3.8) is 0 Å². The van der Waals surface area contributed by atoms with Gasteiger partial charge in [0, 0.05) is 64.6 Å². The highest BCUT2D eigenvalue weighted by Gasteiger charge is 2.52. The zero-order chi connectivity index (χ0) is 43.3. The second kappa shape index (κ2) is 20.8. The molecule has 57 heavy (non-hydrogen) atoms. The lowest BCUT2D eigenvalue weighted by Gasteiger charge is -2.48. The van der Waals surface area contributed by atoms with Crippen molar-refractivity contribution in [2.24, 2.45) is 41.4 Å². The van der Waals surface area contributed by atoms with E-state index in [9.17, 15) is 29.4 Å². The SMILES string of the molecule is CO[C@H]1C[C@@H](C)O[C@@H](O[C@@H]2[C@@H](C)[C@H](O[C@H]3C[C@@](C)(OC)[C@H](OC(C)=O)[C@H](C)O3)[C@@H](C)C(=O)OC([C@@H](C)[C@H](C)O)[C@H](C)[C@H](OC(C)=O)[C@@H](C)C(=O)[C@H](C)C[C@@H]2C)[C@H]1O. The third-order valence-electron chi connectivity index (χ3n) is 12.7. The number of methoxy groups -OCH3 is 2. The lowest BCUT2D eigenvalue weighted by molar-refractivity contribution is -0.313. The van der Waals surface area contributed by atoms with Crippen LogP contribution in [0.15, 0.2) is 0 Å². The molecule has 3 heterocycles. The molecule has 0 aromatic carbocycles. The highest BCUT2D eigenvalue weighted by atomic mass is 16.7. The highest BCUT2D eigenvalue weighted by Crippen LogP contribution is 2.40. The van der Waals surface area contributed by atoms with E-state index in [0.717, 1.165) is 0 Å². The lowest BCUT2D eigenvalue weighted by atomic mass is 9.75. The summed E-state index contributed by atoms with van der Waals surface area (Å²) in [6.45, 7) is 22.1. The molecule has 0 aromatic rings. The molecule has 20 atom stereocenters. The molecule has 0 spiro atoms. The Balaban J connectivity index is 2.21. The molecule has 0 saturated carbocycles. The largest absolute Gasteiger partial charge is 0.461 e. The van der Waals surface area contributed by atoms with Crippen molar-refractivity contribution in [3.05, 3.63) is 0 Å². The van der Waals surface area contributed by atoms with Crippen LogP contribution in [0.1, 0.15) is 109 Å². The van der Waals surface area contributed by atoms with Gasteiger partial charge in [0.1, 0.15) is 29.7 Å². The van der Waals surface area contributed by atoms with Gasteiger partial charge >= 0.3 is 17.9 Å². The van der Waals surface area contributed by atoms with E-state index in [4.69, 9.17) is 42.6 Å². The van der Waals surface area contributed by atoms with Crippen LogP contribution >= 0.6 is 0 Å². The number of aliphatic hydroxyl groups is 2. The maximum Gasteiger partial charge on any atom is 0.311 e. The minimum Gasteiger partial charge on any atom is -0.461 e. The molecule has 3 saturated heterocycles. The number of hydrogen-bond donors (Lipinski definition) is 2. The van der Waals surface area contributed by atoms with E-state index in [0.29, 0.717) is 12.8 Å². The molecule has 0 aromatic heterocycles. The maximum atomic E-state index is 14.6. The number of aliphatic hydroxyl groups excluding tert-OH is 2. The van der Waals surface area contributed by atoms with Crippen LogP contribution in [0.5, 0.6) is 0 Å². The normalized spacial score (nSPS) is 43.9. The number of esters is 3. The van der Waals surface area contributed by atoms with Crippen LogP contribution in [0.3, 0.4) is 0 Å². The molecule has 1 unspecified atom stereocenters. The fourth-order valence-electron chi connectivity index (χ4n) is 9.13. The van der Waals surface area contributed by atoms with Gasteiger partial charge in [0.2, 0.25) is 0 Å². The third kappa shape index (κ3) is 12.0. The number of Topliss-reactive ketones (excluding diaryl/α,β-unsaturated/α-hetero) is 1. The van der Waals surface area contributed by atoms with Gasteiger partial charge in [0.25, 0.3) is 0 Å². The fourth-order valence-corrected chi connectivity index (χ4v) is 9.13. The van der Waals surface area contributed by atoms with Crippen molar-refractivity contribution in [3.8, 4) is 0 Å². The van der Waals surface area contributed by atoms with Crippen molar-refractivity contribution in [1.29, 1.82) is 0 Å². The predicted molar refractivity (Wildman–Crippen MR) is 206 cm³/mol. The highest BCUT2D eigenvalue weighted by molar-refractivity contribution is 5.83. The van der Waals surface area contributed by atoms with Gasteiger partial charge < -0.3 is 52.8 Å². The summed E-state index contributed by atoms with van der Waals surface area (Å²) in [6, 6.07) is 0. The molecule has 15 heteroatoms. The Hall–Kier alpha value is -2.24. The van der Waals surface area contributed by atoms with Crippen molar-refractivity contribution in [2.75, 3.05) is 14.2 Å². The molecule has 3 rings (SSSR count). The van der Waals surface area contributed by atoms with E-state index in [2.05, 4.69) is 0 Å². The van der Waals surface area contributed by atoms with Gasteiger partial charge in [-0.1, -0.05) is 41.5 Å². The van der Waals surface area contributed by atoms with E-state index in [1.54, 1.807) is 48.5 Å². The predicted octanol–water partition coefficient (Wildman–Crippen LogP) is 4.39. The Bertz CT molecular complexity index is 1340. The zero-order valence-electron chi connectivity index (χ0n) is 36.8. The van der Waals surface area contributed by atoms with E-state index in [1.807, 2.05) is 27.7 Å². The molecule has 3 aliphatic heterocycles. The topological polar surface area (TPSA) is 192 Å². The summed E-state index contributed by atoms with van der Waals surface area (Å²) in [7, 11) is 3.03. The number of carbonyl (C=O) groups is 4. The van der Waals surface area contributed by atoms with Crippen LogP contribution in [-0.4, -0.2) is 127 Å². The molecule has 0 bridgehead atoms. The minimum atomic E-state index is -1.14. The molecular weight excluding hydrogens is 744 g/mol. The van der Waals surface area contributed by atoms with E-state index in [-0.39, 0.29) is 24.2 Å². The first-order chi connectivity index (χ1) is 26.5. The summed E-state index contributed by atoms with van der Waals surface area (Å²) < 4.78 is 55.4. The van der Waals surface area contributed by atoms with E-state index >= 15 is 0 Å². The van der Waals surface area contributed by atoms with Crippen LogP contribution in [0.2, 0.25) is 0 Å². The summed E-state index contributed by atoms with van der Waals surface area (Å²) in [5.41, 5.74) is -1.03. The lowest BCUT2D eigenvalue weighted by Crippen LogP contribution is -2.59. The first-order valence-corrected chi connectivity index (χ1v) is 20.6. The third-order valence-corrected chi connectivity index (χ3v) is 12.7. The van der Waals surface area contributed by atoms with Gasteiger partial charge in [-0.15, -0.1) is 0 Å². The second-order valence-corrected chi connectivity index (χ2v) is 17.4. The number of rotatable bonds is 10. The number of cyclic esters (lactones) is 1. The number of ketones is 1. The minimum absolute atomic E-state index is 0.127. The van der Waals surface area contributed by atoms with Crippen molar-refractivity contribution in [1.82, 2.24) is 0 Å². The Morgan fingerprint density at radius 1 is 0.825 bits per heavy atom. The number of carbonyl (C=O) groups excluding carboxylic acids is 4. The zero-order valence-corrected chi connectivity index (χ0v) is 36.8. The van der Waals surface area contributed by atoms with Crippen molar-refractivity contribution < 1.29 is 72.0 Å². The Labute approximate surface area is 339 Å². The molecule has 0 amide bonds. The molecule has 330 valence electrons. The summed E-state index contributed by atoms with van der Waals surface area (Å²) in [5.74, 6) is -6.55. The van der Waals surface area contributed by atoms with Crippen molar-refractivity contribution in [2.45, 2.75) is 188 Å². The van der Waals surface area contributed by atoms with Gasteiger partial charge in [-0.05, 0) is 47.0 Å². The van der Waals surface area contributed by atoms with Gasteiger partial charge in [0.15, 0.2) is 18.7 Å². The quantitative estimate of drug-likeness (QED) is 0.233. The average Bonchev–Trinajstić information content (AvgIpc) is 3.14. The monoisotopic (exact) mass is 816 g/mol. The molecule has 3 aliphatic rings. The Kier molecular flexibility index (Phi) is 18.0. The average molecular weight is 817 g/mol. The number of ether oxygens (including phenoxy) is 9. The van der Waals surface area contributed by atoms with Crippen molar-refractivity contribution >= 4 is 23.7 Å². The fraction of sp³-hybridized carbons (Fsp3) is 0.905. The molecule has 15 nitrogen and oxygen atoms in total. The van der Waals surface area contributed by atoms with Crippen LogP contribution < -0.4 is 0 Å². The van der Waals surface area contributed by atoms with Crippen LogP contribution in [0.25, 0.3) is 0 Å². The van der Waals surface area contributed by atoms with Gasteiger partial charge in [0.05, 0.1) is 48.5 Å². The first-order valence-electron chi connectivity index (χ1n) is 20.6. The summed E-state index contributed by atoms with van der Waals surface area (Å²) in [5, 5.41) is 22.2. The molecule has 0 aliphatic carbocycles. The molecular formula is C42H72O15. The van der Waals surface area contributed by atoms with Crippen LogP contribution in [-0.2, 0) is 61.8 Å². The van der Waals surface area contributed by atoms with Gasteiger partial charge in [-0.2, -0.15) is 0 Å². The van der Waals surface area contributed by atoms with Crippen LogP contribution in [0, 0.1) is 41.4 Å². The van der Waals surface area contributed by atoms with E-state index < -0.39 is 127 Å².